The molecular weight excluding hydrogens is 244 g/mol. The third-order valence-corrected chi connectivity index (χ3v) is 2.89. The van der Waals surface area contributed by atoms with Gasteiger partial charge in [0.15, 0.2) is 6.23 Å². The lowest BCUT2D eigenvalue weighted by Crippen LogP contribution is -2.38. The predicted octanol–water partition coefficient (Wildman–Crippen LogP) is -2.20. The van der Waals surface area contributed by atoms with Gasteiger partial charge >= 0.3 is 5.69 Å². The van der Waals surface area contributed by atoms with Gasteiger partial charge in [0.05, 0.1) is 6.61 Å². The third-order valence-electron chi connectivity index (χ3n) is 2.89. The van der Waals surface area contributed by atoms with E-state index in [-0.39, 0.29) is 0 Å². The van der Waals surface area contributed by atoms with Gasteiger partial charge in [-0.25, -0.2) is 4.79 Å². The minimum absolute atomic E-state index is 0.393. The number of rotatable bonds is 3. The van der Waals surface area contributed by atoms with Crippen LogP contribution < -0.4 is 11.2 Å². The van der Waals surface area contributed by atoms with Crippen molar-refractivity contribution in [3.05, 3.63) is 33.1 Å². The SMILES string of the molecule is CO[C@@H]1[C@@H](O)[C@@H](CO)O[C@H]1n1ccc(=O)[nH]c1=O. The summed E-state index contributed by atoms with van der Waals surface area (Å²) in [5.41, 5.74) is -1.19. The molecule has 8 heteroatoms. The van der Waals surface area contributed by atoms with Crippen molar-refractivity contribution >= 4 is 0 Å². The Hall–Kier alpha value is -1.48. The van der Waals surface area contributed by atoms with Gasteiger partial charge in [0.1, 0.15) is 18.3 Å². The molecule has 2 rings (SSSR count). The van der Waals surface area contributed by atoms with Crippen molar-refractivity contribution in [1.29, 1.82) is 0 Å². The Morgan fingerprint density at radius 3 is 2.83 bits per heavy atom. The average Bonchev–Trinajstić information content (AvgIpc) is 2.65. The highest BCUT2D eigenvalue weighted by molar-refractivity contribution is 4.93. The summed E-state index contributed by atoms with van der Waals surface area (Å²) in [5, 5.41) is 18.9. The molecule has 0 bridgehead atoms. The van der Waals surface area contributed by atoms with Crippen molar-refractivity contribution < 1.29 is 19.7 Å². The standard InChI is InChI=1S/C10H14N2O6/c1-17-8-7(15)5(4-13)18-9(8)12-3-2-6(14)11-10(12)16/h2-3,5,7-9,13,15H,4H2,1H3,(H,11,14,16)/t5-,7+,8-,9-/m1/s1. The molecule has 0 spiro atoms. The van der Waals surface area contributed by atoms with E-state index >= 15 is 0 Å². The fraction of sp³-hybridized carbons (Fsp3) is 0.600. The molecule has 1 aromatic heterocycles. The fourth-order valence-electron chi connectivity index (χ4n) is 1.98. The normalized spacial score (nSPS) is 31.7. The molecule has 0 saturated carbocycles. The molecule has 1 saturated heterocycles. The second kappa shape index (κ2) is 5.02. The number of aliphatic hydroxyl groups excluding tert-OH is 2. The number of H-pyrrole nitrogens is 1. The number of ether oxygens (including phenoxy) is 2. The predicted molar refractivity (Wildman–Crippen MR) is 59.1 cm³/mol. The summed E-state index contributed by atoms with van der Waals surface area (Å²) < 4.78 is 11.5. The van der Waals surface area contributed by atoms with Crippen LogP contribution in [0.25, 0.3) is 0 Å². The van der Waals surface area contributed by atoms with Gasteiger partial charge in [-0.1, -0.05) is 0 Å². The van der Waals surface area contributed by atoms with Gasteiger partial charge < -0.3 is 19.7 Å². The summed E-state index contributed by atoms with van der Waals surface area (Å²) in [5.74, 6) is 0. The lowest BCUT2D eigenvalue weighted by Gasteiger charge is -2.19. The van der Waals surface area contributed by atoms with Crippen LogP contribution >= 0.6 is 0 Å². The molecule has 1 fully saturated rings. The monoisotopic (exact) mass is 258 g/mol. The second-order valence-electron chi connectivity index (χ2n) is 3.96. The number of aromatic amines is 1. The van der Waals surface area contributed by atoms with E-state index in [0.717, 1.165) is 10.6 Å². The van der Waals surface area contributed by atoms with E-state index in [0.29, 0.717) is 0 Å². The molecule has 8 nitrogen and oxygen atoms in total. The molecule has 0 aliphatic carbocycles. The maximum Gasteiger partial charge on any atom is 0.330 e. The summed E-state index contributed by atoms with van der Waals surface area (Å²) in [6.07, 6.45) is -2.33. The fourth-order valence-corrected chi connectivity index (χ4v) is 1.98. The van der Waals surface area contributed by atoms with Crippen LogP contribution in [0.5, 0.6) is 0 Å². The van der Waals surface area contributed by atoms with Gasteiger partial charge in [0, 0.05) is 19.4 Å². The second-order valence-corrected chi connectivity index (χ2v) is 3.96. The van der Waals surface area contributed by atoms with Crippen LogP contribution in [0.1, 0.15) is 6.23 Å². The highest BCUT2D eigenvalue weighted by Gasteiger charge is 2.45. The van der Waals surface area contributed by atoms with E-state index in [4.69, 9.17) is 14.6 Å². The minimum atomic E-state index is -1.05. The molecule has 0 radical (unpaired) electrons. The van der Waals surface area contributed by atoms with E-state index in [1.54, 1.807) is 0 Å². The first kappa shape index (κ1) is 13.0. The van der Waals surface area contributed by atoms with Crippen LogP contribution in [-0.2, 0) is 9.47 Å². The topological polar surface area (TPSA) is 114 Å². The van der Waals surface area contributed by atoms with Crippen LogP contribution in [0.15, 0.2) is 21.9 Å². The van der Waals surface area contributed by atoms with Gasteiger partial charge in [0.2, 0.25) is 0 Å². The Kier molecular flexibility index (Phi) is 3.62. The molecule has 0 amide bonds. The molecule has 1 aromatic rings. The summed E-state index contributed by atoms with van der Waals surface area (Å²) in [4.78, 5) is 24.7. The van der Waals surface area contributed by atoms with Gasteiger partial charge in [0.25, 0.3) is 5.56 Å². The van der Waals surface area contributed by atoms with Crippen LogP contribution in [0, 0.1) is 0 Å². The van der Waals surface area contributed by atoms with Gasteiger partial charge in [-0.3, -0.25) is 14.3 Å². The summed E-state index contributed by atoms with van der Waals surface area (Å²) in [7, 11) is 1.36. The molecule has 0 aromatic carbocycles. The van der Waals surface area contributed by atoms with Crippen molar-refractivity contribution in [3.8, 4) is 0 Å². The largest absolute Gasteiger partial charge is 0.394 e. The average molecular weight is 258 g/mol. The maximum absolute atomic E-state index is 11.6. The third kappa shape index (κ3) is 2.10. The maximum atomic E-state index is 11.6. The van der Waals surface area contributed by atoms with Crippen LogP contribution in [0.4, 0.5) is 0 Å². The van der Waals surface area contributed by atoms with Crippen molar-refractivity contribution in [2.75, 3.05) is 13.7 Å². The number of hydrogen-bond acceptors (Lipinski definition) is 6. The molecule has 2 heterocycles. The number of nitrogens with zero attached hydrogens (tertiary/aromatic N) is 1. The highest BCUT2D eigenvalue weighted by atomic mass is 16.6. The van der Waals surface area contributed by atoms with Gasteiger partial charge in [-0.15, -0.1) is 0 Å². The Morgan fingerprint density at radius 2 is 2.28 bits per heavy atom. The van der Waals surface area contributed by atoms with Crippen LogP contribution in [-0.4, -0.2) is 51.8 Å². The van der Waals surface area contributed by atoms with E-state index < -0.39 is 42.4 Å². The molecule has 0 unspecified atom stereocenters. The van der Waals surface area contributed by atoms with Crippen molar-refractivity contribution in [2.24, 2.45) is 0 Å². The highest BCUT2D eigenvalue weighted by Crippen LogP contribution is 2.29. The minimum Gasteiger partial charge on any atom is -0.394 e. The summed E-state index contributed by atoms with van der Waals surface area (Å²) in [6.45, 7) is -0.393. The van der Waals surface area contributed by atoms with Crippen LogP contribution in [0.3, 0.4) is 0 Å². The summed E-state index contributed by atoms with van der Waals surface area (Å²) >= 11 is 0. The Bertz CT molecular complexity index is 524. The van der Waals surface area contributed by atoms with E-state index in [2.05, 4.69) is 4.98 Å². The van der Waals surface area contributed by atoms with E-state index in [1.807, 2.05) is 0 Å². The molecule has 1 aliphatic rings. The van der Waals surface area contributed by atoms with Crippen molar-refractivity contribution in [2.45, 2.75) is 24.5 Å². The number of aliphatic hydroxyl groups is 2. The zero-order valence-electron chi connectivity index (χ0n) is 9.65. The van der Waals surface area contributed by atoms with Crippen molar-refractivity contribution in [3.63, 3.8) is 0 Å². The molecule has 1 aliphatic heterocycles. The Balaban J connectivity index is 2.38. The van der Waals surface area contributed by atoms with Crippen LogP contribution in [0.2, 0.25) is 0 Å². The molecule has 4 atom stereocenters. The first-order chi connectivity index (χ1) is 8.58. The zero-order chi connectivity index (χ0) is 13.3. The zero-order valence-corrected chi connectivity index (χ0v) is 9.65. The molecular formula is C10H14N2O6. The first-order valence-corrected chi connectivity index (χ1v) is 5.37. The lowest BCUT2D eigenvalue weighted by atomic mass is 10.1. The smallest absolute Gasteiger partial charge is 0.330 e. The van der Waals surface area contributed by atoms with E-state index in [9.17, 15) is 14.7 Å². The van der Waals surface area contributed by atoms with Gasteiger partial charge in [-0.05, 0) is 0 Å². The first-order valence-electron chi connectivity index (χ1n) is 5.37. The molecule has 100 valence electrons. The Morgan fingerprint density at radius 1 is 1.56 bits per heavy atom. The number of aromatic nitrogens is 2. The van der Waals surface area contributed by atoms with Crippen molar-refractivity contribution in [1.82, 2.24) is 9.55 Å². The Labute approximate surface area is 101 Å². The quantitative estimate of drug-likeness (QED) is 0.567. The lowest BCUT2D eigenvalue weighted by molar-refractivity contribution is -0.0625. The number of nitrogens with one attached hydrogen (secondary N) is 1. The summed E-state index contributed by atoms with van der Waals surface area (Å²) in [6, 6.07) is 1.16. The molecule has 18 heavy (non-hydrogen) atoms. The number of methoxy groups -OCH3 is 1. The van der Waals surface area contributed by atoms with E-state index in [1.165, 1.54) is 13.3 Å². The molecule has 3 N–H and O–H groups in total. The number of hydrogen-bond donors (Lipinski definition) is 3. The van der Waals surface area contributed by atoms with Gasteiger partial charge in [-0.2, -0.15) is 0 Å².